The van der Waals surface area contributed by atoms with E-state index < -0.39 is 23.6 Å². The summed E-state index contributed by atoms with van der Waals surface area (Å²) >= 11 is 0. The van der Waals surface area contributed by atoms with Crippen LogP contribution in [0.15, 0.2) is 18.2 Å². The van der Waals surface area contributed by atoms with E-state index >= 15 is 0 Å². The third-order valence-corrected chi connectivity index (χ3v) is 3.31. The molecular formula is C13H15F4N. The van der Waals surface area contributed by atoms with Crippen molar-refractivity contribution in [3.05, 3.63) is 35.1 Å². The molecule has 1 aromatic carbocycles. The number of halogens is 4. The molecule has 5 heteroatoms. The zero-order valence-electron chi connectivity index (χ0n) is 9.80. The van der Waals surface area contributed by atoms with E-state index in [0.29, 0.717) is 17.9 Å². The number of nitrogens with two attached hydrogens (primary N) is 1. The monoisotopic (exact) mass is 261 g/mol. The van der Waals surface area contributed by atoms with Crippen molar-refractivity contribution >= 4 is 0 Å². The highest BCUT2D eigenvalue weighted by Gasteiger charge is 2.34. The zero-order chi connectivity index (χ0) is 13.3. The quantitative estimate of drug-likeness (QED) is 0.813. The second-order valence-electron chi connectivity index (χ2n) is 4.86. The molecule has 1 saturated carbocycles. The molecule has 18 heavy (non-hydrogen) atoms. The third kappa shape index (κ3) is 3.22. The van der Waals surface area contributed by atoms with Crippen LogP contribution in [0.2, 0.25) is 0 Å². The SMILES string of the molecule is NC(CCC1CC1)c1ccc(F)c(C(F)(F)F)c1. The molecule has 100 valence electrons. The van der Waals surface area contributed by atoms with Crippen LogP contribution in [0, 0.1) is 11.7 Å². The van der Waals surface area contributed by atoms with Crippen molar-refractivity contribution in [1.29, 1.82) is 0 Å². The molecule has 1 fully saturated rings. The van der Waals surface area contributed by atoms with Crippen LogP contribution in [0.4, 0.5) is 17.6 Å². The van der Waals surface area contributed by atoms with E-state index in [9.17, 15) is 17.6 Å². The average Bonchev–Trinajstić information content (AvgIpc) is 3.08. The van der Waals surface area contributed by atoms with Crippen molar-refractivity contribution in [2.45, 2.75) is 37.9 Å². The lowest BCUT2D eigenvalue weighted by Crippen LogP contribution is -2.14. The molecule has 0 amide bonds. The largest absolute Gasteiger partial charge is 0.419 e. The van der Waals surface area contributed by atoms with Crippen molar-refractivity contribution in [3.8, 4) is 0 Å². The Hall–Kier alpha value is -1.10. The summed E-state index contributed by atoms with van der Waals surface area (Å²) in [6.45, 7) is 0. The fraction of sp³-hybridized carbons (Fsp3) is 0.538. The van der Waals surface area contributed by atoms with E-state index in [-0.39, 0.29) is 0 Å². The standard InChI is InChI=1S/C13H15F4N/c14-11-5-4-9(7-10(11)13(15,16)17)12(18)6-3-8-1-2-8/h4-5,7-8,12H,1-3,6,18H2. The first kappa shape index (κ1) is 13.3. The van der Waals surface area contributed by atoms with Gasteiger partial charge in [0.15, 0.2) is 0 Å². The molecular weight excluding hydrogens is 246 g/mol. The summed E-state index contributed by atoms with van der Waals surface area (Å²) in [7, 11) is 0. The molecule has 1 aromatic rings. The fourth-order valence-electron chi connectivity index (χ4n) is 1.98. The van der Waals surface area contributed by atoms with E-state index in [4.69, 9.17) is 5.73 Å². The Morgan fingerprint density at radius 1 is 1.28 bits per heavy atom. The van der Waals surface area contributed by atoms with E-state index in [1.54, 1.807) is 0 Å². The normalized spacial score (nSPS) is 17.8. The average molecular weight is 261 g/mol. The highest BCUT2D eigenvalue weighted by Crippen LogP contribution is 2.37. The fourth-order valence-corrected chi connectivity index (χ4v) is 1.98. The summed E-state index contributed by atoms with van der Waals surface area (Å²) in [6.07, 6.45) is -0.725. The highest BCUT2D eigenvalue weighted by atomic mass is 19.4. The van der Waals surface area contributed by atoms with Gasteiger partial charge in [-0.05, 0) is 36.5 Å². The predicted molar refractivity (Wildman–Crippen MR) is 60.3 cm³/mol. The Morgan fingerprint density at radius 2 is 1.94 bits per heavy atom. The number of benzene rings is 1. The van der Waals surface area contributed by atoms with Crippen LogP contribution in [0.3, 0.4) is 0 Å². The first-order valence-electron chi connectivity index (χ1n) is 6.00. The molecule has 1 aliphatic rings. The lowest BCUT2D eigenvalue weighted by molar-refractivity contribution is -0.140. The molecule has 0 bridgehead atoms. The van der Waals surface area contributed by atoms with Gasteiger partial charge in [-0.2, -0.15) is 13.2 Å². The van der Waals surface area contributed by atoms with Crippen molar-refractivity contribution in [2.24, 2.45) is 11.7 Å². The Kier molecular flexibility index (Phi) is 3.61. The predicted octanol–water partition coefficient (Wildman–Crippen LogP) is 4.03. The molecule has 2 N–H and O–H groups in total. The van der Waals surface area contributed by atoms with Crippen molar-refractivity contribution in [3.63, 3.8) is 0 Å². The van der Waals surface area contributed by atoms with Gasteiger partial charge in [0.05, 0.1) is 5.56 Å². The van der Waals surface area contributed by atoms with E-state index in [1.165, 1.54) is 18.9 Å². The number of alkyl halides is 3. The minimum absolute atomic E-state index is 0.351. The molecule has 1 atom stereocenters. The van der Waals surface area contributed by atoms with Crippen LogP contribution >= 0.6 is 0 Å². The third-order valence-electron chi connectivity index (χ3n) is 3.31. The van der Waals surface area contributed by atoms with Gasteiger partial charge in [0, 0.05) is 6.04 Å². The Labute approximate surface area is 103 Å². The molecule has 0 radical (unpaired) electrons. The number of hydrogen-bond acceptors (Lipinski definition) is 1. The number of rotatable bonds is 4. The van der Waals surface area contributed by atoms with Gasteiger partial charge in [0.1, 0.15) is 5.82 Å². The van der Waals surface area contributed by atoms with Crippen LogP contribution in [0.1, 0.15) is 42.9 Å². The maximum Gasteiger partial charge on any atom is 0.419 e. The summed E-state index contributed by atoms with van der Waals surface area (Å²) in [4.78, 5) is 0. The van der Waals surface area contributed by atoms with Gasteiger partial charge >= 0.3 is 6.18 Å². The molecule has 2 rings (SSSR count). The molecule has 1 nitrogen and oxygen atoms in total. The van der Waals surface area contributed by atoms with Gasteiger partial charge in [0.25, 0.3) is 0 Å². The molecule has 0 spiro atoms. The molecule has 1 unspecified atom stereocenters. The summed E-state index contributed by atoms with van der Waals surface area (Å²) in [5, 5.41) is 0. The van der Waals surface area contributed by atoms with Crippen LogP contribution < -0.4 is 5.73 Å². The Balaban J connectivity index is 2.12. The lowest BCUT2D eigenvalue weighted by atomic mass is 9.99. The maximum atomic E-state index is 13.1. The van der Waals surface area contributed by atoms with Crippen molar-refractivity contribution < 1.29 is 17.6 Å². The molecule has 0 aromatic heterocycles. The van der Waals surface area contributed by atoms with Crippen molar-refractivity contribution in [1.82, 2.24) is 0 Å². The van der Waals surface area contributed by atoms with Gasteiger partial charge < -0.3 is 5.73 Å². The molecule has 1 aliphatic carbocycles. The van der Waals surface area contributed by atoms with E-state index in [1.807, 2.05) is 0 Å². The molecule has 0 aliphatic heterocycles. The maximum absolute atomic E-state index is 13.1. The Bertz CT molecular complexity index is 423. The lowest BCUT2D eigenvalue weighted by Gasteiger charge is -2.15. The summed E-state index contributed by atoms with van der Waals surface area (Å²) in [5.41, 5.74) is 4.96. The smallest absolute Gasteiger partial charge is 0.324 e. The minimum atomic E-state index is -4.67. The summed E-state index contributed by atoms with van der Waals surface area (Å²) < 4.78 is 50.7. The van der Waals surface area contributed by atoms with Gasteiger partial charge in [-0.25, -0.2) is 4.39 Å². The van der Waals surface area contributed by atoms with Gasteiger partial charge in [-0.15, -0.1) is 0 Å². The second-order valence-corrected chi connectivity index (χ2v) is 4.86. The first-order chi connectivity index (χ1) is 8.38. The van der Waals surface area contributed by atoms with Gasteiger partial charge in [-0.3, -0.25) is 0 Å². The first-order valence-corrected chi connectivity index (χ1v) is 6.00. The van der Waals surface area contributed by atoms with E-state index in [0.717, 1.165) is 18.6 Å². The van der Waals surface area contributed by atoms with Crippen LogP contribution in [-0.2, 0) is 6.18 Å². The van der Waals surface area contributed by atoms with E-state index in [2.05, 4.69) is 0 Å². The summed E-state index contributed by atoms with van der Waals surface area (Å²) in [6, 6.07) is 2.55. The number of hydrogen-bond donors (Lipinski definition) is 1. The topological polar surface area (TPSA) is 26.0 Å². The minimum Gasteiger partial charge on any atom is -0.324 e. The van der Waals surface area contributed by atoms with Crippen LogP contribution in [0.5, 0.6) is 0 Å². The molecule has 0 heterocycles. The van der Waals surface area contributed by atoms with Crippen LogP contribution in [-0.4, -0.2) is 0 Å². The van der Waals surface area contributed by atoms with Gasteiger partial charge in [0.2, 0.25) is 0 Å². The van der Waals surface area contributed by atoms with Gasteiger partial charge in [-0.1, -0.05) is 18.9 Å². The van der Waals surface area contributed by atoms with Crippen molar-refractivity contribution in [2.75, 3.05) is 0 Å². The zero-order valence-corrected chi connectivity index (χ0v) is 9.80. The Morgan fingerprint density at radius 3 is 2.50 bits per heavy atom. The second kappa shape index (κ2) is 4.88. The highest BCUT2D eigenvalue weighted by molar-refractivity contribution is 5.29. The molecule has 0 saturated heterocycles. The summed E-state index contributed by atoms with van der Waals surface area (Å²) in [5.74, 6) is -0.570. The van der Waals surface area contributed by atoms with Crippen LogP contribution in [0.25, 0.3) is 0 Å².